The van der Waals surface area contributed by atoms with Gasteiger partial charge in [0.2, 0.25) is 5.91 Å². The Morgan fingerprint density at radius 2 is 1.58 bits per heavy atom. The first-order chi connectivity index (χ1) is 11.4. The predicted molar refractivity (Wildman–Crippen MR) is 98.7 cm³/mol. The summed E-state index contributed by atoms with van der Waals surface area (Å²) in [7, 11) is 0. The fraction of sp³-hybridized carbons (Fsp3) is 0.286. The van der Waals surface area contributed by atoms with E-state index >= 15 is 0 Å². The monoisotopic (exact) mass is 325 g/mol. The van der Waals surface area contributed by atoms with Crippen LogP contribution in [0.5, 0.6) is 0 Å². The van der Waals surface area contributed by atoms with Gasteiger partial charge >= 0.3 is 0 Å². The van der Waals surface area contributed by atoms with Crippen molar-refractivity contribution in [3.05, 3.63) is 71.0 Å². The Balaban J connectivity index is 2.25. The second kappa shape index (κ2) is 7.91. The number of carbonyl (C=O) groups is 1. The molecule has 0 unspecified atom stereocenters. The number of halogens is 1. The Morgan fingerprint density at radius 1 is 1.00 bits per heavy atom. The van der Waals surface area contributed by atoms with Gasteiger partial charge < -0.3 is 5.32 Å². The topological polar surface area (TPSA) is 29.1 Å². The van der Waals surface area contributed by atoms with Crippen LogP contribution in [0, 0.1) is 5.82 Å². The van der Waals surface area contributed by atoms with Gasteiger partial charge in [0.05, 0.1) is 0 Å². The average Bonchev–Trinajstić information content (AvgIpc) is 2.52. The zero-order chi connectivity index (χ0) is 17.7. The SMILES string of the molecule is CC(C)c1cccc(C(C)C)c1NC(=O)/C=C/c1cccc(F)c1. The molecule has 0 spiro atoms. The van der Waals surface area contributed by atoms with Gasteiger partial charge in [-0.15, -0.1) is 0 Å². The van der Waals surface area contributed by atoms with Crippen molar-refractivity contribution in [1.82, 2.24) is 0 Å². The molecule has 2 aromatic carbocycles. The maximum absolute atomic E-state index is 13.2. The maximum atomic E-state index is 13.2. The first-order valence-electron chi connectivity index (χ1n) is 8.26. The quantitative estimate of drug-likeness (QED) is 0.699. The zero-order valence-corrected chi connectivity index (χ0v) is 14.6. The second-order valence-electron chi connectivity index (χ2n) is 6.50. The van der Waals surface area contributed by atoms with E-state index < -0.39 is 0 Å². The van der Waals surface area contributed by atoms with Crippen molar-refractivity contribution in [3.63, 3.8) is 0 Å². The van der Waals surface area contributed by atoms with Gasteiger partial charge in [-0.1, -0.05) is 58.0 Å². The van der Waals surface area contributed by atoms with E-state index in [-0.39, 0.29) is 11.7 Å². The molecule has 0 saturated carbocycles. The summed E-state index contributed by atoms with van der Waals surface area (Å²) in [5, 5.41) is 3.01. The summed E-state index contributed by atoms with van der Waals surface area (Å²) in [6.07, 6.45) is 3.06. The minimum absolute atomic E-state index is 0.214. The number of para-hydroxylation sites is 1. The van der Waals surface area contributed by atoms with Crippen LogP contribution in [0.25, 0.3) is 6.08 Å². The summed E-state index contributed by atoms with van der Waals surface area (Å²) in [6.45, 7) is 8.44. The molecule has 0 aromatic heterocycles. The van der Waals surface area contributed by atoms with Crippen molar-refractivity contribution >= 4 is 17.7 Å². The van der Waals surface area contributed by atoms with Gasteiger partial charge in [-0.2, -0.15) is 0 Å². The molecule has 2 aromatic rings. The lowest BCUT2D eigenvalue weighted by Crippen LogP contribution is -2.13. The molecule has 24 heavy (non-hydrogen) atoms. The second-order valence-corrected chi connectivity index (χ2v) is 6.50. The lowest BCUT2D eigenvalue weighted by molar-refractivity contribution is -0.111. The molecule has 126 valence electrons. The summed E-state index contributed by atoms with van der Waals surface area (Å²) in [6, 6.07) is 12.3. The Morgan fingerprint density at radius 3 is 2.12 bits per heavy atom. The fourth-order valence-corrected chi connectivity index (χ4v) is 2.64. The third-order valence-electron chi connectivity index (χ3n) is 3.90. The van der Waals surface area contributed by atoms with Crippen LogP contribution in [0.2, 0.25) is 0 Å². The fourth-order valence-electron chi connectivity index (χ4n) is 2.64. The van der Waals surface area contributed by atoms with Crippen molar-refractivity contribution in [2.24, 2.45) is 0 Å². The van der Waals surface area contributed by atoms with E-state index in [1.165, 1.54) is 18.2 Å². The smallest absolute Gasteiger partial charge is 0.248 e. The van der Waals surface area contributed by atoms with Crippen LogP contribution in [0.1, 0.15) is 56.2 Å². The van der Waals surface area contributed by atoms with Gasteiger partial charge in [-0.05, 0) is 46.7 Å². The number of anilines is 1. The molecular formula is C21H24FNO. The largest absolute Gasteiger partial charge is 0.322 e. The Labute approximate surface area is 143 Å². The zero-order valence-electron chi connectivity index (χ0n) is 14.6. The highest BCUT2D eigenvalue weighted by molar-refractivity contribution is 6.03. The number of benzene rings is 2. The normalized spacial score (nSPS) is 11.5. The molecule has 0 aliphatic heterocycles. The lowest BCUT2D eigenvalue weighted by Gasteiger charge is -2.19. The molecule has 0 fully saturated rings. The van der Waals surface area contributed by atoms with E-state index in [0.29, 0.717) is 17.4 Å². The molecule has 0 aliphatic carbocycles. The number of rotatable bonds is 5. The molecular weight excluding hydrogens is 301 g/mol. The highest BCUT2D eigenvalue weighted by atomic mass is 19.1. The predicted octanol–water partition coefficient (Wildman–Crippen LogP) is 5.72. The van der Waals surface area contributed by atoms with Crippen molar-refractivity contribution in [1.29, 1.82) is 0 Å². The summed E-state index contributed by atoms with van der Waals surface area (Å²) < 4.78 is 13.2. The molecule has 1 amide bonds. The third kappa shape index (κ3) is 4.54. The standard InChI is InChI=1S/C21H24FNO/c1-14(2)18-9-6-10-19(15(3)4)21(18)23-20(24)12-11-16-7-5-8-17(22)13-16/h5-15H,1-4H3,(H,23,24)/b12-11+. The first kappa shape index (κ1) is 17.9. The number of amides is 1. The molecule has 3 heteroatoms. The molecule has 0 heterocycles. The minimum atomic E-state index is -0.315. The van der Waals surface area contributed by atoms with Crippen LogP contribution in [-0.4, -0.2) is 5.91 Å². The summed E-state index contributed by atoms with van der Waals surface area (Å²) >= 11 is 0. The minimum Gasteiger partial charge on any atom is -0.322 e. The van der Waals surface area contributed by atoms with Crippen LogP contribution in [0.4, 0.5) is 10.1 Å². The van der Waals surface area contributed by atoms with E-state index in [2.05, 4.69) is 33.0 Å². The Hall–Kier alpha value is -2.42. The highest BCUT2D eigenvalue weighted by Gasteiger charge is 2.14. The average molecular weight is 325 g/mol. The van der Waals surface area contributed by atoms with Gasteiger partial charge in [0.15, 0.2) is 0 Å². The molecule has 1 N–H and O–H groups in total. The van der Waals surface area contributed by atoms with E-state index in [1.54, 1.807) is 18.2 Å². The maximum Gasteiger partial charge on any atom is 0.248 e. The van der Waals surface area contributed by atoms with Crippen molar-refractivity contribution in [2.45, 2.75) is 39.5 Å². The van der Waals surface area contributed by atoms with E-state index in [0.717, 1.165) is 16.8 Å². The first-order valence-corrected chi connectivity index (χ1v) is 8.26. The van der Waals surface area contributed by atoms with Crippen molar-refractivity contribution in [3.8, 4) is 0 Å². The number of nitrogens with one attached hydrogen (secondary N) is 1. The highest BCUT2D eigenvalue weighted by Crippen LogP contribution is 2.32. The molecule has 2 rings (SSSR count). The molecule has 0 bridgehead atoms. The van der Waals surface area contributed by atoms with Gasteiger partial charge in [0.1, 0.15) is 5.82 Å². The van der Waals surface area contributed by atoms with Crippen LogP contribution < -0.4 is 5.32 Å². The Bertz CT molecular complexity index is 721. The Kier molecular flexibility index (Phi) is 5.91. The van der Waals surface area contributed by atoms with E-state index in [4.69, 9.17) is 0 Å². The lowest BCUT2D eigenvalue weighted by atomic mass is 9.92. The van der Waals surface area contributed by atoms with E-state index in [9.17, 15) is 9.18 Å². The summed E-state index contributed by atoms with van der Waals surface area (Å²) in [5.74, 6) is 0.0939. The van der Waals surface area contributed by atoms with Crippen molar-refractivity contribution in [2.75, 3.05) is 5.32 Å². The van der Waals surface area contributed by atoms with E-state index in [1.807, 2.05) is 18.2 Å². The van der Waals surface area contributed by atoms with Crippen LogP contribution in [0.15, 0.2) is 48.5 Å². The molecule has 0 saturated heterocycles. The third-order valence-corrected chi connectivity index (χ3v) is 3.90. The van der Waals surface area contributed by atoms with Crippen LogP contribution in [-0.2, 0) is 4.79 Å². The summed E-state index contributed by atoms with van der Waals surface area (Å²) in [5.41, 5.74) is 3.78. The molecule has 0 radical (unpaired) electrons. The molecule has 0 atom stereocenters. The number of hydrogen-bond donors (Lipinski definition) is 1. The van der Waals surface area contributed by atoms with Gasteiger partial charge in [-0.3, -0.25) is 4.79 Å². The van der Waals surface area contributed by atoms with Crippen LogP contribution in [0.3, 0.4) is 0 Å². The van der Waals surface area contributed by atoms with Crippen molar-refractivity contribution < 1.29 is 9.18 Å². The van der Waals surface area contributed by atoms with Gasteiger partial charge in [0.25, 0.3) is 0 Å². The molecule has 2 nitrogen and oxygen atoms in total. The summed E-state index contributed by atoms with van der Waals surface area (Å²) in [4.78, 5) is 12.3. The molecule has 0 aliphatic rings. The number of hydrogen-bond acceptors (Lipinski definition) is 1. The number of carbonyl (C=O) groups excluding carboxylic acids is 1. The van der Waals surface area contributed by atoms with Crippen LogP contribution >= 0.6 is 0 Å². The van der Waals surface area contributed by atoms with Gasteiger partial charge in [0, 0.05) is 11.8 Å². The van der Waals surface area contributed by atoms with Gasteiger partial charge in [-0.25, -0.2) is 4.39 Å².